The van der Waals surface area contributed by atoms with Gasteiger partial charge in [-0.25, -0.2) is 9.97 Å². The summed E-state index contributed by atoms with van der Waals surface area (Å²) >= 11 is 0. The molecule has 1 aliphatic rings. The predicted molar refractivity (Wildman–Crippen MR) is 78.7 cm³/mol. The number of carbonyl (C=O) groups is 1. The van der Waals surface area contributed by atoms with E-state index in [2.05, 4.69) is 28.7 Å². The number of hydrogen-bond donors (Lipinski definition) is 1. The van der Waals surface area contributed by atoms with E-state index in [4.69, 9.17) is 5.73 Å². The van der Waals surface area contributed by atoms with Crippen molar-refractivity contribution in [2.75, 3.05) is 37.6 Å². The third kappa shape index (κ3) is 3.25. The quantitative estimate of drug-likeness (QED) is 0.871. The van der Waals surface area contributed by atoms with Crippen LogP contribution in [0.2, 0.25) is 0 Å². The lowest BCUT2D eigenvalue weighted by Crippen LogP contribution is -2.50. The van der Waals surface area contributed by atoms with Crippen LogP contribution in [0, 0.1) is 6.92 Å². The zero-order valence-corrected chi connectivity index (χ0v) is 12.5. The molecule has 0 aromatic carbocycles. The highest BCUT2D eigenvalue weighted by Gasteiger charge is 2.21. The zero-order chi connectivity index (χ0) is 14.7. The lowest BCUT2D eigenvalue weighted by molar-refractivity contribution is -0.129. The summed E-state index contributed by atoms with van der Waals surface area (Å²) in [6, 6.07) is 2.01. The van der Waals surface area contributed by atoms with Crippen molar-refractivity contribution in [1.82, 2.24) is 14.9 Å². The van der Waals surface area contributed by atoms with Crippen LogP contribution in [-0.4, -0.2) is 53.5 Å². The number of aryl methyl sites for hydroxylation is 1. The molecular weight excluding hydrogens is 254 g/mol. The van der Waals surface area contributed by atoms with E-state index in [1.54, 1.807) is 0 Å². The average Bonchev–Trinajstić information content (AvgIpc) is 2.46. The molecule has 1 fully saturated rings. The van der Waals surface area contributed by atoms with Gasteiger partial charge in [0.2, 0.25) is 5.91 Å². The summed E-state index contributed by atoms with van der Waals surface area (Å²) < 4.78 is 0. The molecule has 20 heavy (non-hydrogen) atoms. The second-order valence-corrected chi connectivity index (χ2v) is 5.45. The van der Waals surface area contributed by atoms with Crippen LogP contribution in [0.3, 0.4) is 0 Å². The zero-order valence-electron chi connectivity index (χ0n) is 12.5. The summed E-state index contributed by atoms with van der Waals surface area (Å²) in [5, 5.41) is 0. The number of hydrogen-bond acceptors (Lipinski definition) is 5. The van der Waals surface area contributed by atoms with E-state index in [0.29, 0.717) is 19.0 Å². The molecule has 2 heterocycles. The van der Waals surface area contributed by atoms with Crippen LogP contribution >= 0.6 is 0 Å². The second kappa shape index (κ2) is 6.17. The highest BCUT2D eigenvalue weighted by atomic mass is 16.2. The molecular formula is C14H23N5O. The van der Waals surface area contributed by atoms with Crippen LogP contribution in [0.4, 0.5) is 5.82 Å². The van der Waals surface area contributed by atoms with Crippen molar-refractivity contribution in [1.29, 1.82) is 0 Å². The lowest BCUT2D eigenvalue weighted by atomic mass is 10.2. The maximum absolute atomic E-state index is 11.6. The van der Waals surface area contributed by atoms with Crippen molar-refractivity contribution in [3.05, 3.63) is 17.6 Å². The smallest absolute Gasteiger partial charge is 0.236 e. The van der Waals surface area contributed by atoms with Crippen LogP contribution in [0.5, 0.6) is 0 Å². The minimum Gasteiger partial charge on any atom is -0.353 e. The van der Waals surface area contributed by atoms with E-state index in [1.165, 1.54) is 0 Å². The summed E-state index contributed by atoms with van der Waals surface area (Å²) in [5.74, 6) is 2.17. The van der Waals surface area contributed by atoms with Gasteiger partial charge in [-0.05, 0) is 6.92 Å². The van der Waals surface area contributed by atoms with Gasteiger partial charge in [-0.1, -0.05) is 13.8 Å². The molecule has 1 saturated heterocycles. The number of amides is 1. The molecule has 0 radical (unpaired) electrons. The Balaban J connectivity index is 2.09. The fourth-order valence-electron chi connectivity index (χ4n) is 2.31. The van der Waals surface area contributed by atoms with Gasteiger partial charge in [0.05, 0.1) is 6.54 Å². The predicted octanol–water partition coefficient (Wildman–Crippen LogP) is 0.516. The van der Waals surface area contributed by atoms with E-state index < -0.39 is 0 Å². The molecule has 6 heteroatoms. The Morgan fingerprint density at radius 2 is 1.95 bits per heavy atom. The molecule has 0 aliphatic carbocycles. The first-order valence-electron chi connectivity index (χ1n) is 7.09. The molecule has 0 atom stereocenters. The van der Waals surface area contributed by atoms with Crippen LogP contribution in [-0.2, 0) is 4.79 Å². The third-order valence-corrected chi connectivity index (χ3v) is 3.51. The van der Waals surface area contributed by atoms with Crippen LogP contribution < -0.4 is 10.6 Å². The van der Waals surface area contributed by atoms with Crippen molar-refractivity contribution >= 4 is 11.7 Å². The molecule has 2 N–H and O–H groups in total. The molecule has 110 valence electrons. The summed E-state index contributed by atoms with van der Waals surface area (Å²) in [4.78, 5) is 24.7. The van der Waals surface area contributed by atoms with Crippen LogP contribution in [0.15, 0.2) is 6.07 Å². The molecule has 1 aliphatic heterocycles. The topological polar surface area (TPSA) is 75.3 Å². The van der Waals surface area contributed by atoms with E-state index in [-0.39, 0.29) is 12.5 Å². The van der Waals surface area contributed by atoms with Gasteiger partial charge in [-0.3, -0.25) is 4.79 Å². The minimum atomic E-state index is 0.0198. The molecule has 6 nitrogen and oxygen atoms in total. The standard InChI is InChI=1S/C14H23N5O/c1-10(2)14-16-11(3)8-12(17-14)18-4-6-19(7-5-18)13(20)9-15/h8,10H,4-7,9,15H2,1-3H3. The summed E-state index contributed by atoms with van der Waals surface area (Å²) in [6.07, 6.45) is 0. The van der Waals surface area contributed by atoms with Crippen molar-refractivity contribution in [3.63, 3.8) is 0 Å². The Bertz CT molecular complexity index is 480. The number of piperazine rings is 1. The molecule has 0 unspecified atom stereocenters. The summed E-state index contributed by atoms with van der Waals surface area (Å²) in [7, 11) is 0. The van der Waals surface area contributed by atoms with Crippen molar-refractivity contribution in [2.24, 2.45) is 5.73 Å². The Kier molecular flexibility index (Phi) is 4.54. The monoisotopic (exact) mass is 277 g/mol. The van der Waals surface area contributed by atoms with Gasteiger partial charge in [-0.15, -0.1) is 0 Å². The van der Waals surface area contributed by atoms with Gasteiger partial charge in [0.1, 0.15) is 11.6 Å². The molecule has 2 rings (SSSR count). The van der Waals surface area contributed by atoms with Gasteiger partial charge < -0.3 is 15.5 Å². The first-order chi connectivity index (χ1) is 9.51. The normalized spacial score (nSPS) is 15.8. The third-order valence-electron chi connectivity index (χ3n) is 3.51. The molecule has 0 saturated carbocycles. The fraction of sp³-hybridized carbons (Fsp3) is 0.643. The Hall–Kier alpha value is -1.69. The van der Waals surface area contributed by atoms with Crippen LogP contribution in [0.25, 0.3) is 0 Å². The highest BCUT2D eigenvalue weighted by Crippen LogP contribution is 2.18. The SMILES string of the molecule is Cc1cc(N2CCN(C(=O)CN)CC2)nc(C(C)C)n1. The van der Waals surface area contributed by atoms with E-state index in [9.17, 15) is 4.79 Å². The number of aromatic nitrogens is 2. The number of rotatable bonds is 3. The maximum Gasteiger partial charge on any atom is 0.236 e. The summed E-state index contributed by atoms with van der Waals surface area (Å²) in [5.41, 5.74) is 6.38. The number of nitrogens with zero attached hydrogens (tertiary/aromatic N) is 4. The van der Waals surface area contributed by atoms with Crippen molar-refractivity contribution in [2.45, 2.75) is 26.7 Å². The number of anilines is 1. The average molecular weight is 277 g/mol. The van der Waals surface area contributed by atoms with Gasteiger partial charge in [0, 0.05) is 43.9 Å². The van der Waals surface area contributed by atoms with Gasteiger partial charge in [0.15, 0.2) is 0 Å². The Labute approximate surface area is 120 Å². The molecule has 0 spiro atoms. The molecule has 1 aromatic rings. The Morgan fingerprint density at radius 1 is 1.30 bits per heavy atom. The lowest BCUT2D eigenvalue weighted by Gasteiger charge is -2.35. The highest BCUT2D eigenvalue weighted by molar-refractivity contribution is 5.78. The van der Waals surface area contributed by atoms with E-state index >= 15 is 0 Å². The van der Waals surface area contributed by atoms with E-state index in [1.807, 2.05) is 17.9 Å². The first-order valence-corrected chi connectivity index (χ1v) is 7.09. The largest absolute Gasteiger partial charge is 0.353 e. The number of carbonyl (C=O) groups excluding carboxylic acids is 1. The van der Waals surface area contributed by atoms with E-state index in [0.717, 1.165) is 30.4 Å². The molecule has 0 bridgehead atoms. The maximum atomic E-state index is 11.6. The molecule has 1 amide bonds. The van der Waals surface area contributed by atoms with Gasteiger partial charge in [-0.2, -0.15) is 0 Å². The van der Waals surface area contributed by atoms with Crippen molar-refractivity contribution < 1.29 is 4.79 Å². The minimum absolute atomic E-state index is 0.0198. The number of nitrogens with two attached hydrogens (primary N) is 1. The Morgan fingerprint density at radius 3 is 2.50 bits per heavy atom. The van der Waals surface area contributed by atoms with Gasteiger partial charge in [0.25, 0.3) is 0 Å². The van der Waals surface area contributed by atoms with Crippen molar-refractivity contribution in [3.8, 4) is 0 Å². The second-order valence-electron chi connectivity index (χ2n) is 5.45. The first kappa shape index (κ1) is 14.7. The summed E-state index contributed by atoms with van der Waals surface area (Å²) in [6.45, 7) is 9.26. The van der Waals surface area contributed by atoms with Crippen LogP contribution in [0.1, 0.15) is 31.3 Å². The van der Waals surface area contributed by atoms with Gasteiger partial charge >= 0.3 is 0 Å². The molecule has 1 aromatic heterocycles. The fourth-order valence-corrected chi connectivity index (χ4v) is 2.31.